The summed E-state index contributed by atoms with van der Waals surface area (Å²) in [6.45, 7) is 2.24. The molecule has 1 aliphatic carbocycles. The molecule has 198 valence electrons. The number of methoxy groups -OCH3 is 1. The van der Waals surface area contributed by atoms with E-state index in [0.29, 0.717) is 41.7 Å². The fourth-order valence-electron chi connectivity index (χ4n) is 4.79. The van der Waals surface area contributed by atoms with Crippen LogP contribution in [0.4, 0.5) is 4.39 Å². The predicted molar refractivity (Wildman–Crippen MR) is 135 cm³/mol. The van der Waals surface area contributed by atoms with Crippen LogP contribution in [0.1, 0.15) is 59.7 Å². The number of hydrogen-bond acceptors (Lipinski definition) is 8. The van der Waals surface area contributed by atoms with Gasteiger partial charge in [-0.25, -0.2) is 14.4 Å². The number of halogens is 1. The van der Waals surface area contributed by atoms with Gasteiger partial charge in [0.1, 0.15) is 23.3 Å². The van der Waals surface area contributed by atoms with Crippen molar-refractivity contribution in [3.8, 4) is 5.75 Å². The molecule has 2 aliphatic rings. The molecule has 3 N–H and O–H groups in total. The lowest BCUT2D eigenvalue weighted by Crippen LogP contribution is -2.42. The fourth-order valence-corrected chi connectivity index (χ4v) is 4.79. The van der Waals surface area contributed by atoms with Crippen LogP contribution < -0.4 is 20.7 Å². The summed E-state index contributed by atoms with van der Waals surface area (Å²) >= 11 is 0. The highest BCUT2D eigenvalue weighted by molar-refractivity contribution is 6.01. The van der Waals surface area contributed by atoms with Crippen LogP contribution in [0.3, 0.4) is 0 Å². The summed E-state index contributed by atoms with van der Waals surface area (Å²) in [6, 6.07) is 6.24. The van der Waals surface area contributed by atoms with E-state index in [1.54, 1.807) is 32.2 Å². The molecule has 0 bridgehead atoms. The fraction of sp³-hybridized carbons (Fsp3) is 0.500. The summed E-state index contributed by atoms with van der Waals surface area (Å²) in [7, 11) is 3.15. The number of rotatable bonds is 9. The molecule has 2 amide bonds. The quantitative estimate of drug-likeness (QED) is 0.470. The lowest BCUT2D eigenvalue weighted by Gasteiger charge is -2.31. The molecule has 11 heteroatoms. The minimum atomic E-state index is -0.462. The Morgan fingerprint density at radius 1 is 1.16 bits per heavy atom. The Kier molecular flexibility index (Phi) is 8.65. The van der Waals surface area contributed by atoms with Crippen molar-refractivity contribution in [1.82, 2.24) is 25.9 Å². The van der Waals surface area contributed by atoms with E-state index >= 15 is 0 Å². The van der Waals surface area contributed by atoms with Gasteiger partial charge < -0.3 is 25.5 Å². The van der Waals surface area contributed by atoms with Crippen molar-refractivity contribution < 1.29 is 23.6 Å². The minimum Gasteiger partial charge on any atom is -0.494 e. The molecule has 37 heavy (non-hydrogen) atoms. The molecule has 0 spiro atoms. The van der Waals surface area contributed by atoms with Crippen molar-refractivity contribution >= 4 is 17.5 Å². The summed E-state index contributed by atoms with van der Waals surface area (Å²) < 4.78 is 18.6. The second kappa shape index (κ2) is 12.1. The van der Waals surface area contributed by atoms with Gasteiger partial charge in [0, 0.05) is 19.0 Å². The van der Waals surface area contributed by atoms with Crippen LogP contribution >= 0.6 is 0 Å². The number of amides is 2. The van der Waals surface area contributed by atoms with Gasteiger partial charge >= 0.3 is 0 Å². The molecular weight excluding hydrogens is 479 g/mol. The second-order valence-electron chi connectivity index (χ2n) is 9.43. The zero-order chi connectivity index (χ0) is 26.4. The number of ether oxygens (including phenoxy) is 1. The molecular formula is C26H33FN6O4. The SMILES string of the molecule is CNCC(=O)NC1CCC(C2CC(c3cc(C(=O)NCc4ccc(F)c(OC)c4)nc(C)n3)=NO2)CC1. The molecule has 1 unspecified atom stereocenters. The van der Waals surface area contributed by atoms with E-state index in [1.165, 1.54) is 13.2 Å². The normalized spacial score (nSPS) is 21.1. The third-order valence-corrected chi connectivity index (χ3v) is 6.73. The largest absolute Gasteiger partial charge is 0.494 e. The smallest absolute Gasteiger partial charge is 0.270 e. The maximum Gasteiger partial charge on any atom is 0.270 e. The third kappa shape index (κ3) is 6.79. The van der Waals surface area contributed by atoms with E-state index in [2.05, 4.69) is 31.1 Å². The maximum absolute atomic E-state index is 13.6. The number of oxime groups is 1. The van der Waals surface area contributed by atoms with Crippen molar-refractivity contribution in [2.75, 3.05) is 20.7 Å². The average molecular weight is 513 g/mol. The summed E-state index contributed by atoms with van der Waals surface area (Å²) in [4.78, 5) is 39.2. The highest BCUT2D eigenvalue weighted by atomic mass is 19.1. The van der Waals surface area contributed by atoms with Crippen LogP contribution in [0, 0.1) is 18.7 Å². The number of nitrogens with one attached hydrogen (secondary N) is 3. The first-order chi connectivity index (χ1) is 17.9. The average Bonchev–Trinajstić information content (AvgIpc) is 3.39. The van der Waals surface area contributed by atoms with Gasteiger partial charge in [-0.2, -0.15) is 0 Å². The van der Waals surface area contributed by atoms with E-state index in [-0.39, 0.29) is 41.9 Å². The number of benzene rings is 1. The minimum absolute atomic E-state index is 0.0186. The van der Waals surface area contributed by atoms with Gasteiger partial charge in [0.2, 0.25) is 5.91 Å². The Labute approximate surface area is 215 Å². The molecule has 1 aliphatic heterocycles. The zero-order valence-corrected chi connectivity index (χ0v) is 21.3. The Balaban J connectivity index is 1.33. The molecule has 1 aromatic carbocycles. The third-order valence-electron chi connectivity index (χ3n) is 6.73. The van der Waals surface area contributed by atoms with Crippen LogP contribution in [0.2, 0.25) is 0 Å². The Morgan fingerprint density at radius 3 is 2.68 bits per heavy atom. The topological polar surface area (TPSA) is 127 Å². The van der Waals surface area contributed by atoms with Gasteiger partial charge in [0.15, 0.2) is 11.6 Å². The van der Waals surface area contributed by atoms with Gasteiger partial charge in [-0.3, -0.25) is 9.59 Å². The highest BCUT2D eigenvalue weighted by Crippen LogP contribution is 2.33. The zero-order valence-electron chi connectivity index (χ0n) is 21.3. The lowest BCUT2D eigenvalue weighted by molar-refractivity contribution is -0.121. The van der Waals surface area contributed by atoms with E-state index in [4.69, 9.17) is 9.57 Å². The number of aromatic nitrogens is 2. The van der Waals surface area contributed by atoms with E-state index in [0.717, 1.165) is 25.7 Å². The number of carbonyl (C=O) groups excluding carboxylic acids is 2. The van der Waals surface area contributed by atoms with Gasteiger partial charge in [-0.15, -0.1) is 0 Å². The second-order valence-corrected chi connectivity index (χ2v) is 9.43. The van der Waals surface area contributed by atoms with Crippen molar-refractivity contribution in [2.45, 2.75) is 57.7 Å². The first-order valence-corrected chi connectivity index (χ1v) is 12.5. The van der Waals surface area contributed by atoms with Crippen molar-refractivity contribution in [3.05, 3.63) is 52.9 Å². The lowest BCUT2D eigenvalue weighted by atomic mass is 9.81. The van der Waals surface area contributed by atoms with Crippen LogP contribution in [0.15, 0.2) is 29.4 Å². The number of hydrogen-bond donors (Lipinski definition) is 3. The number of aryl methyl sites for hydroxylation is 1. The molecule has 1 fully saturated rings. The molecule has 4 rings (SSSR count). The molecule has 1 aromatic heterocycles. The Morgan fingerprint density at radius 2 is 1.95 bits per heavy atom. The van der Waals surface area contributed by atoms with Crippen LogP contribution in [-0.4, -0.2) is 60.3 Å². The Hall–Kier alpha value is -3.60. The first kappa shape index (κ1) is 26.5. The maximum atomic E-state index is 13.6. The highest BCUT2D eigenvalue weighted by Gasteiger charge is 2.34. The first-order valence-electron chi connectivity index (χ1n) is 12.5. The van der Waals surface area contributed by atoms with Gasteiger partial charge in [0.25, 0.3) is 5.91 Å². The van der Waals surface area contributed by atoms with Crippen molar-refractivity contribution in [3.63, 3.8) is 0 Å². The molecule has 1 atom stereocenters. The van der Waals surface area contributed by atoms with Crippen LogP contribution in [-0.2, 0) is 16.2 Å². The molecule has 2 heterocycles. The summed E-state index contributed by atoms with van der Waals surface area (Å²) in [5, 5.41) is 13.0. The van der Waals surface area contributed by atoms with Crippen molar-refractivity contribution in [2.24, 2.45) is 11.1 Å². The summed E-state index contributed by atoms with van der Waals surface area (Å²) in [6.07, 6.45) is 4.27. The van der Waals surface area contributed by atoms with E-state index in [1.807, 2.05) is 0 Å². The van der Waals surface area contributed by atoms with Crippen LogP contribution in [0.25, 0.3) is 0 Å². The molecule has 0 radical (unpaired) electrons. The van der Waals surface area contributed by atoms with E-state index in [9.17, 15) is 14.0 Å². The van der Waals surface area contributed by atoms with E-state index < -0.39 is 5.82 Å². The molecule has 10 nitrogen and oxygen atoms in total. The predicted octanol–water partition coefficient (Wildman–Crippen LogP) is 2.25. The Bertz CT molecular complexity index is 1170. The van der Waals surface area contributed by atoms with Crippen LogP contribution in [0.5, 0.6) is 5.75 Å². The van der Waals surface area contributed by atoms with Crippen molar-refractivity contribution in [1.29, 1.82) is 0 Å². The van der Waals surface area contributed by atoms with Gasteiger partial charge in [-0.1, -0.05) is 11.2 Å². The standard InChI is InChI=1S/C26H33FN6O4/c1-15-30-20(11-22(31-15)26(35)29-13-16-4-9-19(27)24(10-16)36-3)21-12-23(37-33-21)17-5-7-18(8-6-17)32-25(34)14-28-2/h4,9-11,17-18,23,28H,5-8,12-14H2,1-3H3,(H,29,35)(H,32,34). The molecule has 0 saturated heterocycles. The molecule has 2 aromatic rings. The number of nitrogens with zero attached hydrogens (tertiary/aromatic N) is 3. The molecule has 1 saturated carbocycles. The monoisotopic (exact) mass is 512 g/mol. The van der Waals surface area contributed by atoms with Gasteiger partial charge in [0.05, 0.1) is 19.3 Å². The number of carbonyl (C=O) groups is 2. The summed E-state index contributed by atoms with van der Waals surface area (Å²) in [5.74, 6) is 0.102. The van der Waals surface area contributed by atoms with Gasteiger partial charge in [-0.05, 0) is 69.3 Å². The summed E-state index contributed by atoms with van der Waals surface area (Å²) in [5.41, 5.74) is 2.18. The number of likely N-dealkylation sites (N-methyl/N-ethyl adjacent to an activating group) is 1.